The zero-order chi connectivity index (χ0) is 5.98. The first-order valence-electron chi connectivity index (χ1n) is 2.74. The van der Waals surface area contributed by atoms with Crippen LogP contribution in [0.3, 0.4) is 0 Å². The molecule has 0 N–H and O–H groups in total. The monoisotopic (exact) mass is 112 g/mol. The Kier molecular flexibility index (Phi) is 3.69. The Hall–Kier alpha value is -0.183. The van der Waals surface area contributed by atoms with Gasteiger partial charge in [0, 0.05) is 0 Å². The normalized spacial score (nSPS) is 14.6. The van der Waals surface area contributed by atoms with Crippen LogP contribution in [0.2, 0.25) is 0 Å². The standard InChI is InChI=1S/C8H9.Li/c1-7(2)8-5-3-4-6-8;/h3,5H,1,4H2,2H3;/q-1;+1. The molecular weight excluding hydrogens is 103 g/mol. The van der Waals surface area contributed by atoms with Gasteiger partial charge in [-0.05, 0) is 0 Å². The van der Waals surface area contributed by atoms with E-state index in [4.69, 9.17) is 0 Å². The zero-order valence-corrected chi connectivity index (χ0v) is 6.07. The van der Waals surface area contributed by atoms with Crippen LogP contribution < -0.4 is 18.9 Å². The van der Waals surface area contributed by atoms with Gasteiger partial charge in [-0.1, -0.05) is 13.3 Å². The van der Waals surface area contributed by atoms with Crippen molar-refractivity contribution in [2.75, 3.05) is 0 Å². The average molecular weight is 112 g/mol. The van der Waals surface area contributed by atoms with Crippen molar-refractivity contribution in [2.45, 2.75) is 13.3 Å². The van der Waals surface area contributed by atoms with Crippen LogP contribution >= 0.6 is 0 Å². The molecular formula is C8H9Li. The predicted octanol–water partition coefficient (Wildman–Crippen LogP) is -0.744. The summed E-state index contributed by atoms with van der Waals surface area (Å²) in [5.41, 5.74) is 2.28. The summed E-state index contributed by atoms with van der Waals surface area (Å²) in [7, 11) is 0. The van der Waals surface area contributed by atoms with Crippen molar-refractivity contribution in [3.05, 3.63) is 36.0 Å². The van der Waals surface area contributed by atoms with E-state index in [1.807, 2.05) is 6.92 Å². The Balaban J connectivity index is 0.000000640. The van der Waals surface area contributed by atoms with Crippen molar-refractivity contribution in [1.29, 1.82) is 0 Å². The Morgan fingerprint density at radius 1 is 1.78 bits per heavy atom. The van der Waals surface area contributed by atoms with Gasteiger partial charge < -0.3 is 0 Å². The molecule has 0 atom stereocenters. The molecule has 0 aromatic rings. The topological polar surface area (TPSA) is 0 Å². The molecule has 0 aliphatic heterocycles. The minimum atomic E-state index is 0. The van der Waals surface area contributed by atoms with Gasteiger partial charge in [-0.3, -0.25) is 0 Å². The van der Waals surface area contributed by atoms with Crippen molar-refractivity contribution in [1.82, 2.24) is 0 Å². The molecule has 1 heteroatoms. The van der Waals surface area contributed by atoms with E-state index in [-0.39, 0.29) is 18.9 Å². The van der Waals surface area contributed by atoms with Crippen molar-refractivity contribution < 1.29 is 18.9 Å². The van der Waals surface area contributed by atoms with Crippen molar-refractivity contribution in [3.63, 3.8) is 0 Å². The number of rotatable bonds is 1. The van der Waals surface area contributed by atoms with Crippen LogP contribution in [0.1, 0.15) is 13.3 Å². The van der Waals surface area contributed by atoms with Gasteiger partial charge in [-0.2, -0.15) is 29.9 Å². The third kappa shape index (κ3) is 2.26. The summed E-state index contributed by atoms with van der Waals surface area (Å²) in [5.74, 6) is 0. The van der Waals surface area contributed by atoms with E-state index >= 15 is 0 Å². The maximum atomic E-state index is 3.79. The molecule has 1 aliphatic carbocycles. The summed E-state index contributed by atoms with van der Waals surface area (Å²) >= 11 is 0. The summed E-state index contributed by atoms with van der Waals surface area (Å²) in [6.07, 6.45) is 8.27. The van der Waals surface area contributed by atoms with Crippen LogP contribution in [0.15, 0.2) is 29.9 Å². The van der Waals surface area contributed by atoms with E-state index in [1.165, 1.54) is 5.57 Å². The fourth-order valence-electron chi connectivity index (χ4n) is 0.698. The number of hydrogen-bond acceptors (Lipinski definition) is 0. The van der Waals surface area contributed by atoms with Crippen LogP contribution in [0.5, 0.6) is 0 Å². The van der Waals surface area contributed by atoms with E-state index in [2.05, 4.69) is 24.8 Å². The molecule has 0 fully saturated rings. The second-order valence-electron chi connectivity index (χ2n) is 1.98. The van der Waals surface area contributed by atoms with Crippen molar-refractivity contribution in [3.8, 4) is 0 Å². The van der Waals surface area contributed by atoms with E-state index in [0.717, 1.165) is 12.0 Å². The largest absolute Gasteiger partial charge is 1.00 e. The number of hydrogen-bond donors (Lipinski definition) is 0. The second-order valence-corrected chi connectivity index (χ2v) is 1.98. The van der Waals surface area contributed by atoms with Crippen molar-refractivity contribution in [2.24, 2.45) is 0 Å². The van der Waals surface area contributed by atoms with Crippen LogP contribution in [0, 0.1) is 6.08 Å². The van der Waals surface area contributed by atoms with Crippen LogP contribution in [-0.4, -0.2) is 0 Å². The first kappa shape index (κ1) is 8.82. The summed E-state index contributed by atoms with van der Waals surface area (Å²) in [6, 6.07) is 0. The minimum absolute atomic E-state index is 0. The summed E-state index contributed by atoms with van der Waals surface area (Å²) in [4.78, 5) is 0. The fraction of sp³-hybridized carbons (Fsp3) is 0.250. The molecule has 1 aliphatic rings. The molecule has 0 nitrogen and oxygen atoms in total. The molecule has 0 aromatic heterocycles. The van der Waals surface area contributed by atoms with Gasteiger partial charge >= 0.3 is 18.9 Å². The Bertz CT molecular complexity index is 163. The minimum Gasteiger partial charge on any atom is -0.198 e. The molecule has 42 valence electrons. The predicted molar refractivity (Wildman–Crippen MR) is 35.3 cm³/mol. The molecule has 0 spiro atoms. The van der Waals surface area contributed by atoms with Crippen LogP contribution in [0.25, 0.3) is 0 Å². The zero-order valence-electron chi connectivity index (χ0n) is 6.07. The summed E-state index contributed by atoms with van der Waals surface area (Å²) in [6.45, 7) is 5.78. The first-order valence-corrected chi connectivity index (χ1v) is 2.74. The van der Waals surface area contributed by atoms with Crippen LogP contribution in [-0.2, 0) is 0 Å². The molecule has 0 unspecified atom stereocenters. The molecule has 9 heavy (non-hydrogen) atoms. The summed E-state index contributed by atoms with van der Waals surface area (Å²) in [5, 5.41) is 0. The van der Waals surface area contributed by atoms with E-state index in [9.17, 15) is 0 Å². The second kappa shape index (κ2) is 3.77. The first-order chi connectivity index (χ1) is 3.80. The smallest absolute Gasteiger partial charge is 0.198 e. The van der Waals surface area contributed by atoms with Gasteiger partial charge in [0.2, 0.25) is 0 Å². The molecule has 0 saturated carbocycles. The molecule has 0 aromatic carbocycles. The maximum absolute atomic E-state index is 3.79. The molecule has 0 heterocycles. The Morgan fingerprint density at radius 3 is 2.67 bits per heavy atom. The maximum Gasteiger partial charge on any atom is 1.00 e. The van der Waals surface area contributed by atoms with E-state index in [0.29, 0.717) is 0 Å². The third-order valence-electron chi connectivity index (χ3n) is 1.15. The van der Waals surface area contributed by atoms with E-state index in [1.54, 1.807) is 0 Å². The molecule has 0 radical (unpaired) electrons. The Labute approximate surface area is 68.5 Å². The van der Waals surface area contributed by atoms with Gasteiger partial charge in [0.15, 0.2) is 0 Å². The molecule has 1 rings (SSSR count). The quantitative estimate of drug-likeness (QED) is 0.309. The average Bonchev–Trinajstić information content (AvgIpc) is 2.12. The SMILES string of the molecule is C=C(C)C1=[C-]CC=C1.[Li+]. The molecule has 0 amide bonds. The number of allylic oxidation sites excluding steroid dienone is 5. The molecule has 0 bridgehead atoms. The Morgan fingerprint density at radius 2 is 2.44 bits per heavy atom. The van der Waals surface area contributed by atoms with E-state index < -0.39 is 0 Å². The fourth-order valence-corrected chi connectivity index (χ4v) is 0.698. The van der Waals surface area contributed by atoms with Crippen LogP contribution in [0.4, 0.5) is 0 Å². The van der Waals surface area contributed by atoms with Gasteiger partial charge in [0.1, 0.15) is 0 Å². The molecule has 0 saturated heterocycles. The van der Waals surface area contributed by atoms with Gasteiger partial charge in [-0.15, -0.1) is 6.08 Å². The third-order valence-corrected chi connectivity index (χ3v) is 1.15. The summed E-state index contributed by atoms with van der Waals surface area (Å²) < 4.78 is 0. The van der Waals surface area contributed by atoms with Gasteiger partial charge in [0.25, 0.3) is 0 Å². The van der Waals surface area contributed by atoms with Crippen molar-refractivity contribution >= 4 is 0 Å². The van der Waals surface area contributed by atoms with Gasteiger partial charge in [-0.25, -0.2) is 0 Å². The van der Waals surface area contributed by atoms with Gasteiger partial charge in [0.05, 0.1) is 0 Å².